The molecule has 1 aromatic rings. The first kappa shape index (κ1) is 13.5. The van der Waals surface area contributed by atoms with Gasteiger partial charge in [0.25, 0.3) is 0 Å². The van der Waals surface area contributed by atoms with Gasteiger partial charge in [-0.3, -0.25) is 9.59 Å². The summed E-state index contributed by atoms with van der Waals surface area (Å²) in [6, 6.07) is 9.72. The lowest BCUT2D eigenvalue weighted by atomic mass is 9.79. The molecular formula is C17H18O2. The number of benzene rings is 1. The van der Waals surface area contributed by atoms with Gasteiger partial charge in [0.1, 0.15) is 0 Å². The maximum atomic E-state index is 12.1. The molecule has 0 saturated carbocycles. The normalized spacial score (nSPS) is 16.2. The molecule has 0 N–H and O–H groups in total. The third-order valence-corrected chi connectivity index (χ3v) is 3.21. The molecule has 0 heterocycles. The van der Waals surface area contributed by atoms with Crippen molar-refractivity contribution in [3.63, 3.8) is 0 Å². The molecule has 1 aromatic carbocycles. The van der Waals surface area contributed by atoms with Gasteiger partial charge in [-0.25, -0.2) is 0 Å². The fourth-order valence-electron chi connectivity index (χ4n) is 2.14. The molecule has 0 bridgehead atoms. The molecule has 0 radical (unpaired) electrons. The summed E-state index contributed by atoms with van der Waals surface area (Å²) in [6.45, 7) is 5.83. The third kappa shape index (κ3) is 3.08. The smallest absolute Gasteiger partial charge is 0.182 e. The van der Waals surface area contributed by atoms with E-state index in [0.29, 0.717) is 17.6 Å². The highest BCUT2D eigenvalue weighted by Crippen LogP contribution is 2.30. The molecule has 2 nitrogen and oxygen atoms in total. The van der Waals surface area contributed by atoms with E-state index in [1.165, 1.54) is 12.2 Å². The number of ketones is 2. The van der Waals surface area contributed by atoms with Crippen LogP contribution in [0.1, 0.15) is 26.3 Å². The average molecular weight is 254 g/mol. The Kier molecular flexibility index (Phi) is 3.52. The molecule has 0 aromatic heterocycles. The summed E-state index contributed by atoms with van der Waals surface area (Å²) in [7, 11) is 0. The lowest BCUT2D eigenvalue weighted by Crippen LogP contribution is -2.23. The molecule has 0 fully saturated rings. The Bertz CT molecular complexity index is 569. The largest absolute Gasteiger partial charge is 0.290 e. The first-order valence-corrected chi connectivity index (χ1v) is 6.43. The number of hydrogen-bond donors (Lipinski definition) is 0. The van der Waals surface area contributed by atoms with Gasteiger partial charge in [-0.1, -0.05) is 51.1 Å². The van der Waals surface area contributed by atoms with Crippen LogP contribution in [-0.4, -0.2) is 11.6 Å². The van der Waals surface area contributed by atoms with E-state index >= 15 is 0 Å². The SMILES string of the molecule is CC(C)(C)C1=CC(=O)C(Cc2ccccc2)=CC1=O. The molecule has 0 unspecified atom stereocenters. The monoisotopic (exact) mass is 254 g/mol. The lowest BCUT2D eigenvalue weighted by Gasteiger charge is -2.23. The van der Waals surface area contributed by atoms with Crippen molar-refractivity contribution in [3.05, 3.63) is 59.2 Å². The van der Waals surface area contributed by atoms with E-state index in [1.54, 1.807) is 0 Å². The number of hydrogen-bond acceptors (Lipinski definition) is 2. The van der Waals surface area contributed by atoms with Gasteiger partial charge in [0, 0.05) is 17.6 Å². The molecule has 0 atom stereocenters. The number of allylic oxidation sites excluding steroid dienone is 4. The van der Waals surface area contributed by atoms with Crippen LogP contribution in [0.5, 0.6) is 0 Å². The molecule has 0 aliphatic heterocycles. The Morgan fingerprint density at radius 1 is 0.895 bits per heavy atom. The highest BCUT2D eigenvalue weighted by molar-refractivity contribution is 6.20. The maximum absolute atomic E-state index is 12.1. The van der Waals surface area contributed by atoms with Crippen molar-refractivity contribution >= 4 is 11.6 Å². The Labute approximate surface area is 113 Å². The Balaban J connectivity index is 2.23. The summed E-state index contributed by atoms with van der Waals surface area (Å²) in [5, 5.41) is 0. The summed E-state index contributed by atoms with van der Waals surface area (Å²) in [5.41, 5.74) is 1.92. The minimum Gasteiger partial charge on any atom is -0.290 e. The molecule has 1 aliphatic rings. The van der Waals surface area contributed by atoms with Crippen molar-refractivity contribution in [3.8, 4) is 0 Å². The van der Waals surface area contributed by atoms with Crippen molar-refractivity contribution in [2.75, 3.05) is 0 Å². The van der Waals surface area contributed by atoms with E-state index in [0.717, 1.165) is 5.56 Å². The summed E-state index contributed by atoms with van der Waals surface area (Å²) >= 11 is 0. The Hall–Kier alpha value is -1.96. The van der Waals surface area contributed by atoms with Gasteiger partial charge in [0.2, 0.25) is 0 Å². The predicted molar refractivity (Wildman–Crippen MR) is 75.8 cm³/mol. The van der Waals surface area contributed by atoms with Crippen LogP contribution in [0.3, 0.4) is 0 Å². The second-order valence-corrected chi connectivity index (χ2v) is 5.87. The zero-order chi connectivity index (χ0) is 14.0. The van der Waals surface area contributed by atoms with Crippen LogP contribution < -0.4 is 0 Å². The minimum atomic E-state index is -0.290. The van der Waals surface area contributed by atoms with Gasteiger partial charge in [-0.05, 0) is 23.1 Å². The molecule has 0 amide bonds. The first-order chi connectivity index (χ1) is 8.88. The highest BCUT2D eigenvalue weighted by Gasteiger charge is 2.28. The van der Waals surface area contributed by atoms with Gasteiger partial charge in [-0.15, -0.1) is 0 Å². The van der Waals surface area contributed by atoms with Gasteiger partial charge in [0.15, 0.2) is 11.6 Å². The topological polar surface area (TPSA) is 34.1 Å². The van der Waals surface area contributed by atoms with Crippen molar-refractivity contribution in [1.82, 2.24) is 0 Å². The van der Waals surface area contributed by atoms with Crippen molar-refractivity contribution in [2.45, 2.75) is 27.2 Å². The fourth-order valence-corrected chi connectivity index (χ4v) is 2.14. The Morgan fingerprint density at radius 3 is 2.11 bits per heavy atom. The number of carbonyl (C=O) groups excluding carboxylic acids is 2. The third-order valence-electron chi connectivity index (χ3n) is 3.21. The van der Waals surface area contributed by atoms with Crippen molar-refractivity contribution < 1.29 is 9.59 Å². The zero-order valence-electron chi connectivity index (χ0n) is 11.6. The number of carbonyl (C=O) groups is 2. The first-order valence-electron chi connectivity index (χ1n) is 6.43. The van der Waals surface area contributed by atoms with E-state index in [4.69, 9.17) is 0 Å². The summed E-state index contributed by atoms with van der Waals surface area (Å²) < 4.78 is 0. The maximum Gasteiger partial charge on any atom is 0.182 e. The molecule has 2 heteroatoms. The van der Waals surface area contributed by atoms with Crippen LogP contribution in [0.15, 0.2) is 53.6 Å². The molecule has 2 rings (SSSR count). The van der Waals surface area contributed by atoms with Crippen molar-refractivity contribution in [2.24, 2.45) is 5.41 Å². The standard InChI is InChI=1S/C17H18O2/c1-17(2,3)14-11-15(18)13(10-16(14)19)9-12-7-5-4-6-8-12/h4-8,10-11H,9H2,1-3H3. The highest BCUT2D eigenvalue weighted by atomic mass is 16.1. The van der Waals surface area contributed by atoms with E-state index in [9.17, 15) is 9.59 Å². The molecule has 0 saturated heterocycles. The Morgan fingerprint density at radius 2 is 1.53 bits per heavy atom. The van der Waals surface area contributed by atoms with Gasteiger partial charge in [-0.2, -0.15) is 0 Å². The van der Waals surface area contributed by atoms with Gasteiger partial charge >= 0.3 is 0 Å². The van der Waals surface area contributed by atoms with E-state index < -0.39 is 0 Å². The van der Waals surface area contributed by atoms with Crippen molar-refractivity contribution in [1.29, 1.82) is 0 Å². The molecule has 1 aliphatic carbocycles. The quantitative estimate of drug-likeness (QED) is 0.759. The number of rotatable bonds is 2. The molecular weight excluding hydrogens is 236 g/mol. The van der Waals surface area contributed by atoms with Gasteiger partial charge < -0.3 is 0 Å². The minimum absolute atomic E-state index is 0.0435. The van der Waals surface area contributed by atoms with E-state index in [2.05, 4.69) is 0 Å². The second-order valence-electron chi connectivity index (χ2n) is 5.87. The van der Waals surface area contributed by atoms with E-state index in [1.807, 2.05) is 51.1 Å². The zero-order valence-corrected chi connectivity index (χ0v) is 11.6. The van der Waals surface area contributed by atoms with Crippen LogP contribution in [0.25, 0.3) is 0 Å². The van der Waals surface area contributed by atoms with Crippen LogP contribution >= 0.6 is 0 Å². The fraction of sp³-hybridized carbons (Fsp3) is 0.294. The second kappa shape index (κ2) is 4.96. The summed E-state index contributed by atoms with van der Waals surface area (Å²) in [6.07, 6.45) is 3.51. The van der Waals surface area contributed by atoms with Crippen LogP contribution in [-0.2, 0) is 16.0 Å². The molecule has 19 heavy (non-hydrogen) atoms. The predicted octanol–water partition coefficient (Wildman–Crippen LogP) is 3.28. The van der Waals surface area contributed by atoms with Crippen LogP contribution in [0, 0.1) is 5.41 Å². The molecule has 98 valence electrons. The van der Waals surface area contributed by atoms with Crippen LogP contribution in [0.4, 0.5) is 0 Å². The van der Waals surface area contributed by atoms with Crippen LogP contribution in [0.2, 0.25) is 0 Å². The summed E-state index contributed by atoms with van der Waals surface area (Å²) in [5.74, 6) is -0.0913. The van der Waals surface area contributed by atoms with Gasteiger partial charge in [0.05, 0.1) is 0 Å². The summed E-state index contributed by atoms with van der Waals surface area (Å²) in [4.78, 5) is 24.2. The molecule has 0 spiro atoms. The average Bonchev–Trinajstić information content (AvgIpc) is 2.33. The van der Waals surface area contributed by atoms with E-state index in [-0.39, 0.29) is 17.0 Å². The lowest BCUT2D eigenvalue weighted by molar-refractivity contribution is -0.115.